The third-order valence-corrected chi connectivity index (χ3v) is 4.80. The summed E-state index contributed by atoms with van der Waals surface area (Å²) in [5.74, 6) is 1.31. The fourth-order valence-electron chi connectivity index (χ4n) is 3.48. The maximum absolute atomic E-state index is 12.4. The van der Waals surface area contributed by atoms with Crippen LogP contribution in [0.5, 0.6) is 11.5 Å². The number of hydrogen-bond acceptors (Lipinski definition) is 4. The molecule has 2 rings (SSSR count). The van der Waals surface area contributed by atoms with Gasteiger partial charge in [0.25, 0.3) is 0 Å². The van der Waals surface area contributed by atoms with Gasteiger partial charge in [0.1, 0.15) is 11.5 Å². The summed E-state index contributed by atoms with van der Waals surface area (Å²) in [5.41, 5.74) is 0.644. The SMILES string of the molecule is COc1ccc(OC)c(NC(=O)CC(C)NC2CCCCCCC2)c1. The molecule has 1 unspecified atom stereocenters. The lowest BCUT2D eigenvalue weighted by atomic mass is 9.96. The standard InChI is InChI=1S/C20H32N2O3/c1-15(21-16-9-7-5-4-6-8-10-16)13-20(23)22-18-14-17(24-2)11-12-19(18)25-3/h11-12,14-16,21H,4-10,13H2,1-3H3,(H,22,23). The molecule has 0 radical (unpaired) electrons. The monoisotopic (exact) mass is 348 g/mol. The van der Waals surface area contributed by atoms with Crippen molar-refractivity contribution in [1.29, 1.82) is 0 Å². The lowest BCUT2D eigenvalue weighted by Gasteiger charge is -2.25. The van der Waals surface area contributed by atoms with Crippen LogP contribution in [-0.4, -0.2) is 32.2 Å². The molecule has 1 aliphatic carbocycles. The van der Waals surface area contributed by atoms with E-state index in [1.54, 1.807) is 26.4 Å². The number of carbonyl (C=O) groups excluding carboxylic acids is 1. The second kappa shape index (κ2) is 10.3. The minimum absolute atomic E-state index is 0.0163. The van der Waals surface area contributed by atoms with E-state index in [-0.39, 0.29) is 11.9 Å². The number of ether oxygens (including phenoxy) is 2. The van der Waals surface area contributed by atoms with E-state index in [2.05, 4.69) is 17.6 Å². The first-order valence-electron chi connectivity index (χ1n) is 9.40. The number of anilines is 1. The Morgan fingerprint density at radius 3 is 2.44 bits per heavy atom. The van der Waals surface area contributed by atoms with Gasteiger partial charge in [-0.2, -0.15) is 0 Å². The summed E-state index contributed by atoms with van der Waals surface area (Å²) in [7, 11) is 3.20. The highest BCUT2D eigenvalue weighted by Crippen LogP contribution is 2.29. The number of hydrogen-bond donors (Lipinski definition) is 2. The molecule has 1 saturated carbocycles. The van der Waals surface area contributed by atoms with E-state index in [0.29, 0.717) is 29.6 Å². The van der Waals surface area contributed by atoms with E-state index >= 15 is 0 Å². The molecule has 1 atom stereocenters. The first-order valence-corrected chi connectivity index (χ1v) is 9.40. The van der Waals surface area contributed by atoms with Crippen molar-refractivity contribution in [2.24, 2.45) is 0 Å². The number of rotatable bonds is 7. The van der Waals surface area contributed by atoms with Crippen molar-refractivity contribution in [3.8, 4) is 11.5 Å². The average Bonchev–Trinajstić information content (AvgIpc) is 2.56. The lowest BCUT2D eigenvalue weighted by molar-refractivity contribution is -0.116. The van der Waals surface area contributed by atoms with Gasteiger partial charge in [0.05, 0.1) is 19.9 Å². The van der Waals surface area contributed by atoms with Crippen LogP contribution in [0.2, 0.25) is 0 Å². The quantitative estimate of drug-likeness (QED) is 0.778. The van der Waals surface area contributed by atoms with Gasteiger partial charge < -0.3 is 20.1 Å². The van der Waals surface area contributed by atoms with Gasteiger partial charge in [0.15, 0.2) is 0 Å². The topological polar surface area (TPSA) is 59.6 Å². The first kappa shape index (κ1) is 19.6. The molecule has 2 N–H and O–H groups in total. The molecule has 1 fully saturated rings. The van der Waals surface area contributed by atoms with Crippen LogP contribution < -0.4 is 20.1 Å². The zero-order valence-electron chi connectivity index (χ0n) is 15.8. The molecule has 0 heterocycles. The van der Waals surface area contributed by atoms with E-state index in [4.69, 9.17) is 9.47 Å². The predicted octanol–water partition coefficient (Wildman–Crippen LogP) is 4.12. The van der Waals surface area contributed by atoms with Gasteiger partial charge in [0, 0.05) is 24.6 Å². The van der Waals surface area contributed by atoms with Crippen LogP contribution >= 0.6 is 0 Å². The zero-order chi connectivity index (χ0) is 18.1. The van der Waals surface area contributed by atoms with E-state index in [0.717, 1.165) is 0 Å². The summed E-state index contributed by atoms with van der Waals surface area (Å²) in [5, 5.41) is 6.58. The molecule has 5 nitrogen and oxygen atoms in total. The van der Waals surface area contributed by atoms with Crippen LogP contribution in [0.4, 0.5) is 5.69 Å². The average molecular weight is 348 g/mol. The number of amides is 1. The Morgan fingerprint density at radius 2 is 1.80 bits per heavy atom. The molecule has 0 aromatic heterocycles. The van der Waals surface area contributed by atoms with Crippen LogP contribution in [0.3, 0.4) is 0 Å². The highest BCUT2D eigenvalue weighted by Gasteiger charge is 2.17. The van der Waals surface area contributed by atoms with Crippen molar-refractivity contribution in [1.82, 2.24) is 5.32 Å². The van der Waals surface area contributed by atoms with Gasteiger partial charge in [-0.1, -0.05) is 32.1 Å². The van der Waals surface area contributed by atoms with Crippen molar-refractivity contribution in [3.63, 3.8) is 0 Å². The second-order valence-electron chi connectivity index (χ2n) is 6.93. The van der Waals surface area contributed by atoms with Crippen LogP contribution in [-0.2, 0) is 4.79 Å². The minimum atomic E-state index is -0.0163. The van der Waals surface area contributed by atoms with Crippen LogP contribution in [0.1, 0.15) is 58.3 Å². The van der Waals surface area contributed by atoms with E-state index < -0.39 is 0 Å². The van der Waals surface area contributed by atoms with Crippen molar-refractivity contribution in [2.75, 3.05) is 19.5 Å². The summed E-state index contributed by atoms with van der Waals surface area (Å²) in [6.45, 7) is 2.08. The number of nitrogens with one attached hydrogen (secondary N) is 2. The second-order valence-corrected chi connectivity index (χ2v) is 6.93. The summed E-state index contributed by atoms with van der Waals surface area (Å²) < 4.78 is 10.5. The summed E-state index contributed by atoms with van der Waals surface area (Å²) in [6.07, 6.45) is 9.50. The number of methoxy groups -OCH3 is 2. The largest absolute Gasteiger partial charge is 0.497 e. The molecule has 25 heavy (non-hydrogen) atoms. The van der Waals surface area contributed by atoms with Gasteiger partial charge in [0.2, 0.25) is 5.91 Å². The van der Waals surface area contributed by atoms with Gasteiger partial charge >= 0.3 is 0 Å². The Hall–Kier alpha value is -1.75. The summed E-state index contributed by atoms with van der Waals surface area (Å²) >= 11 is 0. The maximum Gasteiger partial charge on any atom is 0.226 e. The molecule has 1 aliphatic rings. The molecule has 0 bridgehead atoms. The molecule has 0 spiro atoms. The van der Waals surface area contributed by atoms with Crippen LogP contribution in [0.25, 0.3) is 0 Å². The Morgan fingerprint density at radius 1 is 1.12 bits per heavy atom. The van der Waals surface area contributed by atoms with Crippen molar-refractivity contribution >= 4 is 11.6 Å². The fraction of sp³-hybridized carbons (Fsp3) is 0.650. The number of benzene rings is 1. The molecule has 0 aliphatic heterocycles. The van der Waals surface area contributed by atoms with Crippen LogP contribution in [0.15, 0.2) is 18.2 Å². The normalized spacial score (nSPS) is 17.2. The van der Waals surface area contributed by atoms with Crippen LogP contribution in [0, 0.1) is 0 Å². The van der Waals surface area contributed by atoms with Crippen molar-refractivity contribution in [3.05, 3.63) is 18.2 Å². The summed E-state index contributed by atoms with van der Waals surface area (Å²) in [6, 6.07) is 6.08. The van der Waals surface area contributed by atoms with Gasteiger partial charge in [-0.3, -0.25) is 4.79 Å². The highest BCUT2D eigenvalue weighted by molar-refractivity contribution is 5.92. The lowest BCUT2D eigenvalue weighted by Crippen LogP contribution is -2.39. The zero-order valence-corrected chi connectivity index (χ0v) is 15.8. The molecular formula is C20H32N2O3. The number of carbonyl (C=O) groups is 1. The van der Waals surface area contributed by atoms with Gasteiger partial charge in [-0.05, 0) is 31.9 Å². The minimum Gasteiger partial charge on any atom is -0.497 e. The smallest absolute Gasteiger partial charge is 0.226 e. The molecule has 1 aromatic rings. The molecule has 1 amide bonds. The Balaban J connectivity index is 1.86. The molecule has 1 aromatic carbocycles. The maximum atomic E-state index is 12.4. The third-order valence-electron chi connectivity index (χ3n) is 4.80. The molecule has 140 valence electrons. The Labute approximate surface area is 151 Å². The molecule has 0 saturated heterocycles. The summed E-state index contributed by atoms with van der Waals surface area (Å²) in [4.78, 5) is 12.4. The van der Waals surface area contributed by atoms with Crippen molar-refractivity contribution < 1.29 is 14.3 Å². The highest BCUT2D eigenvalue weighted by atomic mass is 16.5. The molecule has 5 heteroatoms. The first-order chi connectivity index (χ1) is 12.1. The molecular weight excluding hydrogens is 316 g/mol. The Kier molecular flexibility index (Phi) is 8.06. The fourth-order valence-corrected chi connectivity index (χ4v) is 3.48. The van der Waals surface area contributed by atoms with Gasteiger partial charge in [-0.25, -0.2) is 0 Å². The third kappa shape index (κ3) is 6.58. The predicted molar refractivity (Wildman–Crippen MR) is 101 cm³/mol. The van der Waals surface area contributed by atoms with Crippen molar-refractivity contribution in [2.45, 2.75) is 70.4 Å². The Bertz CT molecular complexity index is 540. The van der Waals surface area contributed by atoms with E-state index in [1.165, 1.54) is 44.9 Å². The van der Waals surface area contributed by atoms with Gasteiger partial charge in [-0.15, -0.1) is 0 Å². The van der Waals surface area contributed by atoms with E-state index in [9.17, 15) is 4.79 Å². The van der Waals surface area contributed by atoms with E-state index in [1.807, 2.05) is 6.07 Å².